The number of hydrogen-bond donors (Lipinski definition) is 2. The first-order chi connectivity index (χ1) is 10.9. The molecule has 0 amide bonds. The van der Waals surface area contributed by atoms with Gasteiger partial charge in [-0.05, 0) is 42.8 Å². The SMILES string of the molecule is COc1cc(C(C)O[Si](C)(C)C(C)(C)C)cc(OC)c1OB(O)O. The fraction of sp³-hybridized carbons (Fsp3) is 0.625. The van der Waals surface area contributed by atoms with Crippen molar-refractivity contribution < 1.29 is 28.6 Å². The summed E-state index contributed by atoms with van der Waals surface area (Å²) in [4.78, 5) is 0. The molecule has 1 aromatic rings. The van der Waals surface area contributed by atoms with E-state index in [1.807, 2.05) is 6.92 Å². The predicted molar refractivity (Wildman–Crippen MR) is 97.1 cm³/mol. The zero-order chi connectivity index (χ0) is 18.7. The normalized spacial score (nSPS) is 13.4. The lowest BCUT2D eigenvalue weighted by molar-refractivity contribution is 0.201. The molecule has 2 N–H and O–H groups in total. The van der Waals surface area contributed by atoms with Crippen LogP contribution in [0.3, 0.4) is 0 Å². The van der Waals surface area contributed by atoms with E-state index >= 15 is 0 Å². The Bertz CT molecular complexity index is 531. The molecule has 1 atom stereocenters. The number of benzene rings is 1. The first kappa shape index (κ1) is 20.8. The van der Waals surface area contributed by atoms with Gasteiger partial charge in [0, 0.05) is 0 Å². The molecule has 0 saturated carbocycles. The van der Waals surface area contributed by atoms with Gasteiger partial charge in [-0.25, -0.2) is 0 Å². The Hall–Kier alpha value is -1.22. The second-order valence-electron chi connectivity index (χ2n) is 7.22. The van der Waals surface area contributed by atoms with Crippen molar-refractivity contribution in [2.24, 2.45) is 0 Å². The molecule has 0 bridgehead atoms. The highest BCUT2D eigenvalue weighted by Crippen LogP contribution is 2.43. The van der Waals surface area contributed by atoms with E-state index in [1.54, 1.807) is 12.1 Å². The molecule has 6 nitrogen and oxygen atoms in total. The van der Waals surface area contributed by atoms with Crippen molar-refractivity contribution >= 4 is 15.6 Å². The second kappa shape index (κ2) is 7.78. The minimum absolute atomic E-state index is 0.0967. The molecular weight excluding hydrogens is 327 g/mol. The van der Waals surface area contributed by atoms with E-state index < -0.39 is 15.6 Å². The van der Waals surface area contributed by atoms with Crippen LogP contribution in [0, 0.1) is 0 Å². The maximum atomic E-state index is 9.07. The summed E-state index contributed by atoms with van der Waals surface area (Å²) in [5.74, 6) is 0.838. The first-order valence-electron chi connectivity index (χ1n) is 7.89. The number of ether oxygens (including phenoxy) is 2. The number of hydrogen-bond acceptors (Lipinski definition) is 6. The van der Waals surface area contributed by atoms with Crippen LogP contribution in [0.1, 0.15) is 39.4 Å². The summed E-state index contributed by atoms with van der Waals surface area (Å²) in [7, 11) is -0.936. The van der Waals surface area contributed by atoms with Crippen molar-refractivity contribution in [3.63, 3.8) is 0 Å². The van der Waals surface area contributed by atoms with Gasteiger partial charge in [-0.3, -0.25) is 0 Å². The molecule has 0 spiro atoms. The van der Waals surface area contributed by atoms with Crippen molar-refractivity contribution in [1.29, 1.82) is 0 Å². The Morgan fingerprint density at radius 1 is 1.04 bits per heavy atom. The van der Waals surface area contributed by atoms with E-state index in [2.05, 4.69) is 33.9 Å². The van der Waals surface area contributed by atoms with E-state index in [4.69, 9.17) is 28.6 Å². The van der Waals surface area contributed by atoms with E-state index in [1.165, 1.54) is 14.2 Å². The van der Waals surface area contributed by atoms with Crippen LogP contribution in [0.4, 0.5) is 0 Å². The predicted octanol–water partition coefficient (Wildman–Crippen LogP) is 3.13. The highest BCUT2D eigenvalue weighted by atomic mass is 28.4. The van der Waals surface area contributed by atoms with Crippen LogP contribution >= 0.6 is 0 Å². The molecule has 0 fully saturated rings. The highest BCUT2D eigenvalue weighted by molar-refractivity contribution is 6.74. The van der Waals surface area contributed by atoms with Crippen LogP contribution in [-0.4, -0.2) is 39.9 Å². The van der Waals surface area contributed by atoms with Gasteiger partial charge < -0.3 is 28.6 Å². The molecular formula is C16H29BO6Si. The maximum absolute atomic E-state index is 9.07. The van der Waals surface area contributed by atoms with Gasteiger partial charge >= 0.3 is 7.32 Å². The Morgan fingerprint density at radius 2 is 1.50 bits per heavy atom. The van der Waals surface area contributed by atoms with Crippen LogP contribution in [-0.2, 0) is 4.43 Å². The van der Waals surface area contributed by atoms with E-state index in [9.17, 15) is 0 Å². The topological polar surface area (TPSA) is 77.4 Å². The van der Waals surface area contributed by atoms with Crippen molar-refractivity contribution in [3.05, 3.63) is 17.7 Å². The van der Waals surface area contributed by atoms with Crippen LogP contribution in [0.15, 0.2) is 12.1 Å². The molecule has 1 aromatic carbocycles. The minimum atomic E-state index is -1.96. The van der Waals surface area contributed by atoms with Gasteiger partial charge in [0.2, 0.25) is 0 Å². The van der Waals surface area contributed by atoms with Crippen LogP contribution < -0.4 is 14.1 Å². The quantitative estimate of drug-likeness (QED) is 0.731. The first-order valence-corrected chi connectivity index (χ1v) is 10.8. The molecule has 0 heterocycles. The Labute approximate surface area is 146 Å². The van der Waals surface area contributed by atoms with Crippen molar-refractivity contribution in [2.45, 2.75) is 51.9 Å². The van der Waals surface area contributed by atoms with Gasteiger partial charge in [0.1, 0.15) is 0 Å². The van der Waals surface area contributed by atoms with Crippen molar-refractivity contribution in [2.75, 3.05) is 14.2 Å². The fourth-order valence-corrected chi connectivity index (χ4v) is 3.42. The average molecular weight is 356 g/mol. The third-order valence-corrected chi connectivity index (χ3v) is 9.01. The summed E-state index contributed by atoms with van der Waals surface area (Å²) in [6.45, 7) is 12.9. The zero-order valence-electron chi connectivity index (χ0n) is 15.8. The summed E-state index contributed by atoms with van der Waals surface area (Å²) < 4.78 is 22.0. The van der Waals surface area contributed by atoms with Crippen molar-refractivity contribution in [1.82, 2.24) is 0 Å². The molecule has 0 aliphatic heterocycles. The molecule has 0 saturated heterocycles. The Morgan fingerprint density at radius 3 is 1.83 bits per heavy atom. The molecule has 1 rings (SSSR count). The van der Waals surface area contributed by atoms with Crippen LogP contribution in [0.25, 0.3) is 0 Å². The smallest absolute Gasteiger partial charge is 0.506 e. The van der Waals surface area contributed by atoms with Gasteiger partial charge in [0.15, 0.2) is 25.6 Å². The van der Waals surface area contributed by atoms with E-state index in [0.717, 1.165) is 5.56 Å². The van der Waals surface area contributed by atoms with Gasteiger partial charge in [0.25, 0.3) is 0 Å². The van der Waals surface area contributed by atoms with Gasteiger partial charge in [-0.2, -0.15) is 0 Å². The summed E-state index contributed by atoms with van der Waals surface area (Å²) in [5.41, 5.74) is 0.869. The van der Waals surface area contributed by atoms with Gasteiger partial charge in [-0.1, -0.05) is 20.8 Å². The van der Waals surface area contributed by atoms with Crippen molar-refractivity contribution in [3.8, 4) is 17.2 Å². The Kier molecular flexibility index (Phi) is 6.75. The number of methoxy groups -OCH3 is 2. The largest absolute Gasteiger partial charge is 0.707 e. The monoisotopic (exact) mass is 356 g/mol. The van der Waals surface area contributed by atoms with E-state index in [0.29, 0.717) is 11.5 Å². The number of rotatable bonds is 7. The lowest BCUT2D eigenvalue weighted by Crippen LogP contribution is -2.41. The molecule has 0 aromatic heterocycles. The molecule has 0 aliphatic carbocycles. The minimum Gasteiger partial charge on any atom is -0.506 e. The fourth-order valence-electron chi connectivity index (χ4n) is 2.04. The molecule has 0 aliphatic rings. The third-order valence-electron chi connectivity index (χ3n) is 4.45. The van der Waals surface area contributed by atoms with E-state index in [-0.39, 0.29) is 16.9 Å². The maximum Gasteiger partial charge on any atom is 0.707 e. The van der Waals surface area contributed by atoms with Gasteiger partial charge in [-0.15, -0.1) is 0 Å². The highest BCUT2D eigenvalue weighted by Gasteiger charge is 2.38. The summed E-state index contributed by atoms with van der Waals surface area (Å²) >= 11 is 0. The van der Waals surface area contributed by atoms with Gasteiger partial charge in [0.05, 0.1) is 20.3 Å². The lowest BCUT2D eigenvalue weighted by Gasteiger charge is -2.38. The van der Waals surface area contributed by atoms with Crippen LogP contribution in [0.2, 0.25) is 18.1 Å². The Balaban J connectivity index is 3.21. The molecule has 24 heavy (non-hydrogen) atoms. The standard InChI is InChI=1S/C16H29BO6Si/c1-11(23-24(7,8)16(2,3)4)12-9-13(20-5)15(22-17(18)19)14(10-12)21-6/h9-11,18-19H,1-8H3. The third kappa shape index (κ3) is 4.89. The molecule has 8 heteroatoms. The summed E-state index contributed by atoms with van der Waals surface area (Å²) in [5, 5.41) is 18.2. The zero-order valence-corrected chi connectivity index (χ0v) is 16.8. The summed E-state index contributed by atoms with van der Waals surface area (Å²) in [6, 6.07) is 3.52. The summed E-state index contributed by atoms with van der Waals surface area (Å²) in [6.07, 6.45) is -0.165. The molecule has 0 radical (unpaired) electrons. The average Bonchev–Trinajstić information content (AvgIpc) is 2.44. The lowest BCUT2D eigenvalue weighted by atomic mass is 10.1. The van der Waals surface area contributed by atoms with Crippen LogP contribution in [0.5, 0.6) is 17.2 Å². The molecule has 1 unspecified atom stereocenters. The molecule has 136 valence electrons. The second-order valence-corrected chi connectivity index (χ2v) is 12.0.